The van der Waals surface area contributed by atoms with Crippen LogP contribution in [0, 0.1) is 0 Å². The van der Waals surface area contributed by atoms with E-state index < -0.39 is 9.84 Å². The summed E-state index contributed by atoms with van der Waals surface area (Å²) in [5.74, 6) is 0.0658. The van der Waals surface area contributed by atoms with Gasteiger partial charge in [-0.15, -0.1) is 12.4 Å². The molecular formula is C16H23ClN2O3S. The molecule has 0 radical (unpaired) electrons. The Hall–Kier alpha value is -1.11. The molecule has 128 valence electrons. The number of carbonyl (C=O) groups excluding carboxylic acids is 1. The van der Waals surface area contributed by atoms with Crippen LogP contribution in [0.2, 0.25) is 0 Å². The fourth-order valence-electron chi connectivity index (χ4n) is 3.28. The molecule has 2 atom stereocenters. The van der Waals surface area contributed by atoms with Crippen molar-refractivity contribution in [3.05, 3.63) is 29.8 Å². The van der Waals surface area contributed by atoms with E-state index in [4.69, 9.17) is 0 Å². The number of likely N-dealkylation sites (tertiary alicyclic amines) is 1. The van der Waals surface area contributed by atoms with Crippen LogP contribution in [-0.4, -0.2) is 50.2 Å². The molecule has 0 saturated carbocycles. The minimum absolute atomic E-state index is 0. The first kappa shape index (κ1) is 18.2. The predicted molar refractivity (Wildman–Crippen MR) is 91.9 cm³/mol. The van der Waals surface area contributed by atoms with Gasteiger partial charge in [0.1, 0.15) is 0 Å². The van der Waals surface area contributed by atoms with Gasteiger partial charge < -0.3 is 10.2 Å². The highest BCUT2D eigenvalue weighted by molar-refractivity contribution is 7.91. The molecule has 2 saturated heterocycles. The minimum Gasteiger partial charge on any atom is -0.337 e. The zero-order valence-electron chi connectivity index (χ0n) is 13.2. The standard InChI is InChI=1S/C16H22N2O3S.ClH/c1-2-22(20,21)15-7-3-12(4-8-15)16(19)18-10-9-13-5-6-14(11-18)17-13;/h3-4,7-8,13-14,17H,2,5-6,9-11H2,1H3;1H. The van der Waals surface area contributed by atoms with E-state index in [1.807, 2.05) is 4.90 Å². The monoisotopic (exact) mass is 358 g/mol. The zero-order chi connectivity index (χ0) is 15.7. The van der Waals surface area contributed by atoms with Crippen LogP contribution >= 0.6 is 12.4 Å². The first-order valence-electron chi connectivity index (χ1n) is 7.88. The fourth-order valence-corrected chi connectivity index (χ4v) is 4.17. The summed E-state index contributed by atoms with van der Waals surface area (Å²) < 4.78 is 23.6. The van der Waals surface area contributed by atoms with E-state index in [-0.39, 0.29) is 29.0 Å². The van der Waals surface area contributed by atoms with Gasteiger partial charge in [0.05, 0.1) is 10.6 Å². The van der Waals surface area contributed by atoms with Crippen LogP contribution in [0.1, 0.15) is 36.5 Å². The molecule has 2 aliphatic heterocycles. The van der Waals surface area contributed by atoms with Crippen LogP contribution in [-0.2, 0) is 9.84 Å². The largest absolute Gasteiger partial charge is 0.337 e. The molecule has 1 N–H and O–H groups in total. The Morgan fingerprint density at radius 1 is 1.17 bits per heavy atom. The quantitative estimate of drug-likeness (QED) is 0.895. The highest BCUT2D eigenvalue weighted by Crippen LogP contribution is 2.22. The van der Waals surface area contributed by atoms with E-state index in [9.17, 15) is 13.2 Å². The second kappa shape index (κ2) is 7.20. The molecule has 23 heavy (non-hydrogen) atoms. The predicted octanol–water partition coefficient (Wildman–Crippen LogP) is 1.87. The molecule has 2 unspecified atom stereocenters. The lowest BCUT2D eigenvalue weighted by Gasteiger charge is -2.24. The van der Waals surface area contributed by atoms with Crippen LogP contribution in [0.4, 0.5) is 0 Å². The summed E-state index contributed by atoms with van der Waals surface area (Å²) in [6, 6.07) is 7.27. The van der Waals surface area contributed by atoms with Gasteiger partial charge in [-0.3, -0.25) is 4.79 Å². The number of carbonyl (C=O) groups is 1. The van der Waals surface area contributed by atoms with Gasteiger partial charge in [-0.25, -0.2) is 8.42 Å². The average molecular weight is 359 g/mol. The summed E-state index contributed by atoms with van der Waals surface area (Å²) in [6.45, 7) is 3.13. The Labute approximate surface area is 143 Å². The van der Waals surface area contributed by atoms with Gasteiger partial charge in [-0.1, -0.05) is 6.92 Å². The SMILES string of the molecule is CCS(=O)(=O)c1ccc(C(=O)N2CCC3CCC(C2)N3)cc1.Cl. The smallest absolute Gasteiger partial charge is 0.253 e. The Morgan fingerprint density at radius 2 is 1.83 bits per heavy atom. The first-order chi connectivity index (χ1) is 10.5. The van der Waals surface area contributed by atoms with Crippen molar-refractivity contribution in [1.29, 1.82) is 0 Å². The second-order valence-corrected chi connectivity index (χ2v) is 8.38. The second-order valence-electron chi connectivity index (χ2n) is 6.11. The summed E-state index contributed by atoms with van der Waals surface area (Å²) in [6.07, 6.45) is 3.32. The van der Waals surface area contributed by atoms with Crippen LogP contribution in [0.25, 0.3) is 0 Å². The molecule has 7 heteroatoms. The molecule has 1 aromatic rings. The maximum absolute atomic E-state index is 12.6. The lowest BCUT2D eigenvalue weighted by atomic mass is 10.1. The molecule has 2 heterocycles. The van der Waals surface area contributed by atoms with Gasteiger partial charge in [-0.2, -0.15) is 0 Å². The number of benzene rings is 1. The number of rotatable bonds is 3. The van der Waals surface area contributed by atoms with Gasteiger partial charge in [0, 0.05) is 30.7 Å². The molecule has 1 amide bonds. The summed E-state index contributed by atoms with van der Waals surface area (Å²) in [5, 5.41) is 3.55. The number of halogens is 1. The van der Waals surface area contributed by atoms with Crippen molar-refractivity contribution in [2.75, 3.05) is 18.8 Å². The number of nitrogens with zero attached hydrogens (tertiary/aromatic N) is 1. The Balaban J connectivity index is 0.00000192. The number of amides is 1. The number of hydrogen-bond donors (Lipinski definition) is 1. The van der Waals surface area contributed by atoms with Crippen molar-refractivity contribution in [2.24, 2.45) is 0 Å². The van der Waals surface area contributed by atoms with Gasteiger partial charge in [0.2, 0.25) is 0 Å². The first-order valence-corrected chi connectivity index (χ1v) is 9.53. The summed E-state index contributed by atoms with van der Waals surface area (Å²) in [5.41, 5.74) is 0.563. The van der Waals surface area contributed by atoms with Gasteiger partial charge in [-0.05, 0) is 43.5 Å². The van der Waals surface area contributed by atoms with E-state index in [0.717, 1.165) is 25.9 Å². The fraction of sp³-hybridized carbons (Fsp3) is 0.562. The van der Waals surface area contributed by atoms with Gasteiger partial charge in [0.15, 0.2) is 9.84 Å². The maximum atomic E-state index is 12.6. The number of fused-ring (bicyclic) bond motifs is 2. The van der Waals surface area contributed by atoms with Crippen molar-refractivity contribution in [2.45, 2.75) is 43.2 Å². The van der Waals surface area contributed by atoms with E-state index in [1.165, 1.54) is 18.6 Å². The lowest BCUT2D eigenvalue weighted by molar-refractivity contribution is 0.0748. The molecule has 0 aliphatic carbocycles. The molecule has 0 spiro atoms. The summed E-state index contributed by atoms with van der Waals surface area (Å²) in [7, 11) is -3.21. The van der Waals surface area contributed by atoms with Crippen LogP contribution in [0.3, 0.4) is 0 Å². The molecular weight excluding hydrogens is 336 g/mol. The molecule has 2 fully saturated rings. The van der Waals surface area contributed by atoms with E-state index in [2.05, 4.69) is 5.32 Å². The van der Waals surface area contributed by atoms with Gasteiger partial charge >= 0.3 is 0 Å². The molecule has 2 aliphatic rings. The zero-order valence-corrected chi connectivity index (χ0v) is 14.8. The lowest BCUT2D eigenvalue weighted by Crippen LogP contribution is -2.39. The van der Waals surface area contributed by atoms with E-state index in [1.54, 1.807) is 19.1 Å². The van der Waals surface area contributed by atoms with Crippen molar-refractivity contribution in [3.8, 4) is 0 Å². The molecule has 0 aromatic heterocycles. The van der Waals surface area contributed by atoms with Crippen molar-refractivity contribution < 1.29 is 13.2 Å². The number of sulfone groups is 1. The van der Waals surface area contributed by atoms with Crippen molar-refractivity contribution >= 4 is 28.2 Å². The summed E-state index contributed by atoms with van der Waals surface area (Å²) in [4.78, 5) is 14.8. The number of hydrogen-bond acceptors (Lipinski definition) is 4. The number of nitrogens with one attached hydrogen (secondary N) is 1. The van der Waals surface area contributed by atoms with E-state index >= 15 is 0 Å². The Morgan fingerprint density at radius 3 is 2.48 bits per heavy atom. The molecule has 1 aromatic carbocycles. The Bertz CT molecular complexity index is 660. The molecule has 5 nitrogen and oxygen atoms in total. The van der Waals surface area contributed by atoms with Crippen LogP contribution in [0.5, 0.6) is 0 Å². The minimum atomic E-state index is -3.21. The topological polar surface area (TPSA) is 66.5 Å². The van der Waals surface area contributed by atoms with Gasteiger partial charge in [0.25, 0.3) is 5.91 Å². The Kier molecular flexibility index (Phi) is 5.70. The van der Waals surface area contributed by atoms with Crippen molar-refractivity contribution in [3.63, 3.8) is 0 Å². The third-order valence-electron chi connectivity index (χ3n) is 4.65. The third kappa shape index (κ3) is 3.87. The van der Waals surface area contributed by atoms with Crippen LogP contribution < -0.4 is 5.32 Å². The maximum Gasteiger partial charge on any atom is 0.253 e. The molecule has 2 bridgehead atoms. The summed E-state index contributed by atoms with van der Waals surface area (Å²) >= 11 is 0. The van der Waals surface area contributed by atoms with Crippen molar-refractivity contribution in [1.82, 2.24) is 10.2 Å². The highest BCUT2D eigenvalue weighted by Gasteiger charge is 2.31. The molecule has 3 rings (SSSR count). The third-order valence-corrected chi connectivity index (χ3v) is 6.40. The average Bonchev–Trinajstić information content (AvgIpc) is 2.86. The highest BCUT2D eigenvalue weighted by atomic mass is 35.5. The van der Waals surface area contributed by atoms with E-state index in [0.29, 0.717) is 17.6 Å². The van der Waals surface area contributed by atoms with Crippen LogP contribution in [0.15, 0.2) is 29.2 Å². The normalized spacial score (nSPS) is 24.0.